The monoisotopic (exact) mass is 529 g/mol. The molecular formula is C27H33F2N5O2S. The Balaban J connectivity index is 1.29. The Labute approximate surface area is 219 Å². The first-order valence-electron chi connectivity index (χ1n) is 13.2. The van der Waals surface area contributed by atoms with Gasteiger partial charge < -0.3 is 14.8 Å². The van der Waals surface area contributed by atoms with E-state index in [0.29, 0.717) is 11.7 Å². The number of benzene rings is 1. The van der Waals surface area contributed by atoms with Crippen molar-refractivity contribution in [2.24, 2.45) is 7.05 Å². The van der Waals surface area contributed by atoms with Crippen molar-refractivity contribution < 1.29 is 13.5 Å². The predicted octanol–water partition coefficient (Wildman–Crippen LogP) is 6.35. The van der Waals surface area contributed by atoms with Crippen molar-refractivity contribution in [1.29, 1.82) is 0 Å². The van der Waals surface area contributed by atoms with Crippen LogP contribution in [0.25, 0.3) is 11.0 Å². The molecule has 3 aliphatic rings. The number of fused-ring (bicyclic) bond motifs is 1. The van der Waals surface area contributed by atoms with Gasteiger partial charge in [0, 0.05) is 61.8 Å². The van der Waals surface area contributed by atoms with Crippen LogP contribution >= 0.6 is 11.9 Å². The van der Waals surface area contributed by atoms with E-state index in [0.717, 1.165) is 74.1 Å². The van der Waals surface area contributed by atoms with Crippen molar-refractivity contribution in [3.8, 4) is 0 Å². The maximum atomic E-state index is 13.3. The Morgan fingerprint density at radius 2 is 1.76 bits per heavy atom. The van der Waals surface area contributed by atoms with Gasteiger partial charge in [0.2, 0.25) is 5.92 Å². The number of halogens is 2. The van der Waals surface area contributed by atoms with Crippen LogP contribution in [0.2, 0.25) is 0 Å². The first kappa shape index (κ1) is 24.7. The van der Waals surface area contributed by atoms with Crippen LogP contribution in [0.5, 0.6) is 0 Å². The lowest BCUT2D eigenvalue weighted by Crippen LogP contribution is -2.38. The zero-order valence-electron chi connectivity index (χ0n) is 21.0. The highest BCUT2D eigenvalue weighted by molar-refractivity contribution is 8.01. The molecule has 0 atom stereocenters. The van der Waals surface area contributed by atoms with Crippen LogP contribution in [-0.4, -0.2) is 38.5 Å². The summed E-state index contributed by atoms with van der Waals surface area (Å²) in [5.41, 5.74) is 4.69. The molecule has 0 spiro atoms. The molecule has 0 unspecified atom stereocenters. The highest BCUT2D eigenvalue weighted by atomic mass is 32.2. The summed E-state index contributed by atoms with van der Waals surface area (Å²) in [4.78, 5) is 17.6. The van der Waals surface area contributed by atoms with Gasteiger partial charge in [-0.1, -0.05) is 12.8 Å². The smallest absolute Gasteiger partial charge is 0.329 e. The molecule has 0 radical (unpaired) electrons. The lowest BCUT2D eigenvalue weighted by molar-refractivity contribution is -0.0666. The second-order valence-corrected chi connectivity index (χ2v) is 11.8. The number of pyridine rings is 1. The molecule has 2 aliphatic carbocycles. The number of alkyl halides is 2. The molecule has 2 aromatic heterocycles. The maximum Gasteiger partial charge on any atom is 0.329 e. The van der Waals surface area contributed by atoms with Gasteiger partial charge in [-0.05, 0) is 67.3 Å². The van der Waals surface area contributed by atoms with E-state index in [1.165, 1.54) is 17.5 Å². The van der Waals surface area contributed by atoms with E-state index < -0.39 is 5.92 Å². The van der Waals surface area contributed by atoms with Crippen LogP contribution in [0.4, 0.5) is 26.0 Å². The first-order valence-corrected chi connectivity index (χ1v) is 14.1. The molecule has 2 saturated carbocycles. The SMILES string of the molecule is Cn1c(=O)n(C2CCCC2)c2cc(Nc3cc(NSC4CC(F)(F)C4)cc(C4CCOCC4)c3)ncc21. The summed E-state index contributed by atoms with van der Waals surface area (Å²) in [6, 6.07) is 8.46. The number of imidazole rings is 1. The van der Waals surface area contributed by atoms with Crippen LogP contribution in [0.3, 0.4) is 0 Å². The lowest BCUT2D eigenvalue weighted by Gasteiger charge is -2.34. The average Bonchev–Trinajstić information content (AvgIpc) is 3.48. The maximum absolute atomic E-state index is 13.3. The molecule has 0 bridgehead atoms. The molecule has 3 fully saturated rings. The molecule has 6 rings (SSSR count). The standard InChI is InChI=1S/C27H33F2N5O2S/c1-33-24-16-30-25(13-23(24)34(26(33)35)21-4-2-3-5-21)31-19-10-18(17-6-8-36-9-7-17)11-20(12-19)32-37-22-14-27(28,29)15-22/h10-13,16-17,21-22,32H,2-9,14-15H2,1H3,(H,30,31). The van der Waals surface area contributed by atoms with E-state index in [1.807, 2.05) is 16.7 Å². The number of rotatable bonds is 7. The van der Waals surface area contributed by atoms with Crippen molar-refractivity contribution in [3.05, 3.63) is 46.5 Å². The quantitative estimate of drug-likeness (QED) is 0.348. The zero-order chi connectivity index (χ0) is 25.6. The van der Waals surface area contributed by atoms with Gasteiger partial charge in [-0.15, -0.1) is 0 Å². The van der Waals surface area contributed by atoms with Crippen LogP contribution in [0.1, 0.15) is 68.9 Å². The Morgan fingerprint density at radius 3 is 2.49 bits per heavy atom. The van der Waals surface area contributed by atoms with E-state index in [2.05, 4.69) is 27.2 Å². The predicted molar refractivity (Wildman–Crippen MR) is 144 cm³/mol. The number of aryl methyl sites for hydroxylation is 1. The van der Waals surface area contributed by atoms with E-state index in [1.54, 1.807) is 17.8 Å². The number of anilines is 3. The van der Waals surface area contributed by atoms with Gasteiger partial charge in [-0.3, -0.25) is 9.13 Å². The van der Waals surface area contributed by atoms with E-state index >= 15 is 0 Å². The van der Waals surface area contributed by atoms with Gasteiger partial charge in [-0.2, -0.15) is 0 Å². The fourth-order valence-electron chi connectivity index (χ4n) is 5.88. The Hall–Kier alpha value is -2.59. The molecule has 7 nitrogen and oxygen atoms in total. The van der Waals surface area contributed by atoms with Gasteiger partial charge in [0.15, 0.2) is 0 Å². The number of aromatic nitrogens is 3. The number of nitrogens with one attached hydrogen (secondary N) is 2. The molecular weight excluding hydrogens is 496 g/mol. The highest BCUT2D eigenvalue weighted by Gasteiger charge is 2.45. The van der Waals surface area contributed by atoms with E-state index in [-0.39, 0.29) is 29.8 Å². The minimum absolute atomic E-state index is 0.00690. The summed E-state index contributed by atoms with van der Waals surface area (Å²) < 4.78 is 39.1. The average molecular weight is 530 g/mol. The third-order valence-electron chi connectivity index (χ3n) is 7.98. The summed E-state index contributed by atoms with van der Waals surface area (Å²) in [7, 11) is 1.80. The molecule has 3 heterocycles. The second-order valence-electron chi connectivity index (χ2n) is 10.7. The fraction of sp³-hybridized carbons (Fsp3) is 0.556. The Bertz CT molecular complexity index is 1340. The minimum atomic E-state index is -2.53. The van der Waals surface area contributed by atoms with Crippen molar-refractivity contribution in [3.63, 3.8) is 0 Å². The number of nitrogens with zero attached hydrogens (tertiary/aromatic N) is 3. The van der Waals surface area contributed by atoms with Gasteiger partial charge in [-0.25, -0.2) is 18.6 Å². The summed E-state index contributed by atoms with van der Waals surface area (Å²) in [5, 5.41) is 3.36. The fourth-order valence-corrected chi connectivity index (χ4v) is 6.95. The third kappa shape index (κ3) is 5.10. The summed E-state index contributed by atoms with van der Waals surface area (Å²) in [5.74, 6) is -1.48. The zero-order valence-corrected chi connectivity index (χ0v) is 21.8. The Kier molecular flexibility index (Phi) is 6.65. The van der Waals surface area contributed by atoms with Gasteiger partial charge in [0.25, 0.3) is 0 Å². The van der Waals surface area contributed by atoms with Crippen molar-refractivity contribution in [2.75, 3.05) is 23.3 Å². The van der Waals surface area contributed by atoms with Crippen LogP contribution in [-0.2, 0) is 11.8 Å². The molecule has 2 N–H and O–H groups in total. The van der Waals surface area contributed by atoms with Crippen LogP contribution < -0.4 is 15.7 Å². The first-order chi connectivity index (χ1) is 17.9. The largest absolute Gasteiger partial charge is 0.381 e. The lowest BCUT2D eigenvalue weighted by atomic mass is 9.91. The minimum Gasteiger partial charge on any atom is -0.381 e. The molecule has 1 aromatic carbocycles. The molecule has 37 heavy (non-hydrogen) atoms. The number of ether oxygens (including phenoxy) is 1. The number of hydrogen-bond donors (Lipinski definition) is 2. The van der Waals surface area contributed by atoms with Crippen molar-refractivity contribution in [2.45, 2.75) is 74.5 Å². The molecule has 3 aromatic rings. The topological polar surface area (TPSA) is 73.1 Å². The molecule has 1 aliphatic heterocycles. The van der Waals surface area contributed by atoms with Gasteiger partial charge >= 0.3 is 5.69 Å². The normalized spacial score (nSPS) is 20.8. The molecule has 10 heteroatoms. The molecule has 198 valence electrons. The van der Waals surface area contributed by atoms with Gasteiger partial charge in [0.1, 0.15) is 5.82 Å². The Morgan fingerprint density at radius 1 is 1.03 bits per heavy atom. The van der Waals surface area contributed by atoms with Crippen molar-refractivity contribution >= 4 is 40.2 Å². The summed E-state index contributed by atoms with van der Waals surface area (Å²) in [6.45, 7) is 1.48. The van der Waals surface area contributed by atoms with Crippen LogP contribution in [0, 0.1) is 0 Å². The second kappa shape index (κ2) is 9.94. The number of hydrogen-bond acceptors (Lipinski definition) is 6. The van der Waals surface area contributed by atoms with E-state index in [9.17, 15) is 13.6 Å². The van der Waals surface area contributed by atoms with Crippen molar-refractivity contribution in [1.82, 2.24) is 14.1 Å². The highest BCUT2D eigenvalue weighted by Crippen LogP contribution is 2.44. The van der Waals surface area contributed by atoms with Crippen LogP contribution in [0.15, 0.2) is 35.3 Å². The summed E-state index contributed by atoms with van der Waals surface area (Å²) in [6.07, 6.45) is 7.84. The third-order valence-corrected chi connectivity index (χ3v) is 9.00. The summed E-state index contributed by atoms with van der Waals surface area (Å²) >= 11 is 1.37. The molecule has 0 amide bonds. The van der Waals surface area contributed by atoms with E-state index in [4.69, 9.17) is 4.74 Å². The van der Waals surface area contributed by atoms with Gasteiger partial charge in [0.05, 0.1) is 17.2 Å². The molecule has 1 saturated heterocycles.